The Labute approximate surface area is 168 Å². The quantitative estimate of drug-likeness (QED) is 0.611. The maximum Gasteiger partial charge on any atom is 0.240 e. The van der Waals surface area contributed by atoms with Crippen molar-refractivity contribution < 1.29 is 27.1 Å². The number of nitrogens with one attached hydrogen (secondary N) is 1. The molecule has 0 saturated heterocycles. The van der Waals surface area contributed by atoms with Crippen molar-refractivity contribution in [2.24, 2.45) is 0 Å². The maximum atomic E-state index is 12.3. The predicted molar refractivity (Wildman–Crippen MR) is 108 cm³/mol. The lowest BCUT2D eigenvalue weighted by molar-refractivity contribution is -0.119. The van der Waals surface area contributed by atoms with Gasteiger partial charge < -0.3 is 19.2 Å². The molecule has 152 valence electrons. The van der Waals surface area contributed by atoms with Crippen molar-refractivity contribution in [1.29, 1.82) is 0 Å². The van der Waals surface area contributed by atoms with E-state index in [1.807, 2.05) is 12.1 Å². The first-order valence-electron chi connectivity index (χ1n) is 8.67. The van der Waals surface area contributed by atoms with E-state index in [0.29, 0.717) is 42.7 Å². The summed E-state index contributed by atoms with van der Waals surface area (Å²) in [4.78, 5) is 12.3. The maximum absolute atomic E-state index is 12.3. The fourth-order valence-electron chi connectivity index (χ4n) is 2.60. The second-order valence-electron chi connectivity index (χ2n) is 6.08. The molecule has 0 spiro atoms. The first kappa shape index (κ1) is 20.4. The van der Waals surface area contributed by atoms with Crippen molar-refractivity contribution in [3.8, 4) is 11.5 Å². The Kier molecular flexibility index (Phi) is 6.74. The smallest absolute Gasteiger partial charge is 0.240 e. The molecular weight excluding hydrogens is 404 g/mol. The lowest BCUT2D eigenvalue weighted by Crippen LogP contribution is -2.41. The Morgan fingerprint density at radius 1 is 1.21 bits per heavy atom. The number of furan rings is 1. The van der Waals surface area contributed by atoms with Crippen LogP contribution in [0.25, 0.3) is 0 Å². The van der Waals surface area contributed by atoms with Crippen molar-refractivity contribution in [2.75, 3.05) is 42.6 Å². The van der Waals surface area contributed by atoms with Gasteiger partial charge in [-0.2, -0.15) is 11.8 Å². The molecule has 1 aliphatic heterocycles. The van der Waals surface area contributed by atoms with Gasteiger partial charge in [0.15, 0.2) is 11.5 Å². The van der Waals surface area contributed by atoms with Gasteiger partial charge in [-0.05, 0) is 24.3 Å². The van der Waals surface area contributed by atoms with E-state index in [9.17, 15) is 13.2 Å². The lowest BCUT2D eigenvalue weighted by atomic mass is 10.2. The summed E-state index contributed by atoms with van der Waals surface area (Å²) in [5.74, 6) is 2.93. The Morgan fingerprint density at radius 3 is 2.71 bits per heavy atom. The third kappa shape index (κ3) is 5.59. The Morgan fingerprint density at radius 2 is 2.00 bits per heavy atom. The number of carbonyl (C=O) groups is 1. The Bertz CT molecular complexity index is 899. The highest BCUT2D eigenvalue weighted by Crippen LogP contribution is 2.34. The average molecular weight is 427 g/mol. The number of fused-ring (bicyclic) bond motifs is 1. The van der Waals surface area contributed by atoms with E-state index in [1.54, 1.807) is 36.2 Å². The highest BCUT2D eigenvalue weighted by Gasteiger charge is 2.23. The van der Waals surface area contributed by atoms with Crippen molar-refractivity contribution in [2.45, 2.75) is 5.75 Å². The number of thioether (sulfide) groups is 1. The van der Waals surface area contributed by atoms with Crippen LogP contribution < -0.4 is 19.1 Å². The molecule has 2 aromatic rings. The number of anilines is 1. The standard InChI is InChI=1S/C18H22N2O6S2/c1-28(22,23)20(14-4-5-16-17(11-14)26-9-8-25-16)12-18(21)19-6-10-27-13-15-3-2-7-24-15/h2-5,7,11H,6,8-10,12-13H2,1H3,(H,19,21). The molecule has 28 heavy (non-hydrogen) atoms. The minimum absolute atomic E-state index is 0.304. The zero-order valence-electron chi connectivity index (χ0n) is 15.4. The molecule has 0 aliphatic carbocycles. The van der Waals surface area contributed by atoms with Gasteiger partial charge in [-0.15, -0.1) is 0 Å². The van der Waals surface area contributed by atoms with Crippen LogP contribution in [0.3, 0.4) is 0 Å². The van der Waals surface area contributed by atoms with Crippen LogP contribution in [0.2, 0.25) is 0 Å². The van der Waals surface area contributed by atoms with Crippen LogP contribution >= 0.6 is 11.8 Å². The first-order chi connectivity index (χ1) is 13.4. The Hall–Kier alpha value is -2.33. The molecule has 0 saturated carbocycles. The minimum atomic E-state index is -3.65. The molecule has 1 aromatic carbocycles. The molecule has 0 bridgehead atoms. The van der Waals surface area contributed by atoms with Crippen LogP contribution in [-0.4, -0.2) is 52.6 Å². The van der Waals surface area contributed by atoms with E-state index < -0.39 is 10.0 Å². The van der Waals surface area contributed by atoms with Gasteiger partial charge in [-0.3, -0.25) is 9.10 Å². The molecule has 3 rings (SSSR count). The van der Waals surface area contributed by atoms with E-state index in [0.717, 1.165) is 22.1 Å². The number of benzene rings is 1. The molecule has 1 N–H and O–H groups in total. The lowest BCUT2D eigenvalue weighted by Gasteiger charge is -2.24. The number of rotatable bonds is 9. The number of sulfonamides is 1. The second kappa shape index (κ2) is 9.24. The van der Waals surface area contributed by atoms with Crippen molar-refractivity contribution in [1.82, 2.24) is 5.32 Å². The van der Waals surface area contributed by atoms with Gasteiger partial charge in [-0.1, -0.05) is 0 Å². The van der Waals surface area contributed by atoms with E-state index in [-0.39, 0.29) is 12.5 Å². The summed E-state index contributed by atoms with van der Waals surface area (Å²) in [7, 11) is -3.65. The minimum Gasteiger partial charge on any atom is -0.486 e. The number of carbonyl (C=O) groups excluding carboxylic acids is 1. The van der Waals surface area contributed by atoms with Gasteiger partial charge in [-0.25, -0.2) is 8.42 Å². The Balaban J connectivity index is 1.54. The normalized spacial score (nSPS) is 13.2. The van der Waals surface area contributed by atoms with Crippen LogP contribution in [0.5, 0.6) is 11.5 Å². The number of ether oxygens (including phenoxy) is 2. The number of nitrogens with zero attached hydrogens (tertiary/aromatic N) is 1. The second-order valence-corrected chi connectivity index (χ2v) is 9.09. The molecule has 2 heterocycles. The summed E-state index contributed by atoms with van der Waals surface area (Å²) in [6.07, 6.45) is 2.69. The summed E-state index contributed by atoms with van der Waals surface area (Å²) in [5, 5.41) is 2.74. The van der Waals surface area contributed by atoms with Crippen LogP contribution in [0.15, 0.2) is 41.0 Å². The van der Waals surface area contributed by atoms with Crippen molar-refractivity contribution in [3.63, 3.8) is 0 Å². The summed E-state index contributed by atoms with van der Waals surface area (Å²) >= 11 is 1.62. The van der Waals surface area contributed by atoms with E-state index in [4.69, 9.17) is 13.9 Å². The first-order valence-corrected chi connectivity index (χ1v) is 11.7. The highest BCUT2D eigenvalue weighted by atomic mass is 32.2. The van der Waals surface area contributed by atoms with Gasteiger partial charge in [0.2, 0.25) is 15.9 Å². The monoisotopic (exact) mass is 426 g/mol. The largest absolute Gasteiger partial charge is 0.486 e. The van der Waals surface area contributed by atoms with E-state index in [2.05, 4.69) is 5.32 Å². The van der Waals surface area contributed by atoms with Crippen LogP contribution in [0.4, 0.5) is 5.69 Å². The third-order valence-electron chi connectivity index (χ3n) is 3.89. The van der Waals surface area contributed by atoms with Crippen LogP contribution in [0, 0.1) is 0 Å². The van der Waals surface area contributed by atoms with Gasteiger partial charge in [0.1, 0.15) is 25.5 Å². The van der Waals surface area contributed by atoms with Crippen molar-refractivity contribution >= 4 is 33.4 Å². The molecule has 1 aliphatic rings. The topological polar surface area (TPSA) is 98.1 Å². The molecule has 0 radical (unpaired) electrons. The number of amides is 1. The van der Waals surface area contributed by atoms with Crippen molar-refractivity contribution in [3.05, 3.63) is 42.4 Å². The summed E-state index contributed by atoms with van der Waals surface area (Å²) < 4.78 is 41.6. The van der Waals surface area contributed by atoms with Gasteiger partial charge in [0.25, 0.3) is 0 Å². The zero-order valence-corrected chi connectivity index (χ0v) is 17.1. The molecule has 0 atom stereocenters. The summed E-state index contributed by atoms with van der Waals surface area (Å²) in [5.41, 5.74) is 0.356. The molecular formula is C18H22N2O6S2. The van der Waals surface area contributed by atoms with E-state index in [1.165, 1.54) is 0 Å². The molecule has 10 heteroatoms. The summed E-state index contributed by atoms with van der Waals surface area (Å²) in [6.45, 7) is 0.970. The third-order valence-corrected chi connectivity index (χ3v) is 6.02. The predicted octanol–water partition coefficient (Wildman–Crippen LogP) is 1.87. The highest BCUT2D eigenvalue weighted by molar-refractivity contribution is 7.98. The molecule has 0 unspecified atom stereocenters. The fourth-order valence-corrected chi connectivity index (χ4v) is 4.21. The molecule has 8 nitrogen and oxygen atoms in total. The fraction of sp³-hybridized carbons (Fsp3) is 0.389. The van der Waals surface area contributed by atoms with Crippen LogP contribution in [0.1, 0.15) is 5.76 Å². The summed E-state index contributed by atoms with van der Waals surface area (Å²) in [6, 6.07) is 8.53. The number of hydrogen-bond donors (Lipinski definition) is 1. The van der Waals surface area contributed by atoms with E-state index >= 15 is 0 Å². The van der Waals surface area contributed by atoms with Gasteiger partial charge >= 0.3 is 0 Å². The average Bonchev–Trinajstić information content (AvgIpc) is 3.18. The zero-order chi connectivity index (χ0) is 20.0. The molecule has 0 fully saturated rings. The number of hydrogen-bond acceptors (Lipinski definition) is 7. The molecule has 1 aromatic heterocycles. The van der Waals surface area contributed by atoms with Gasteiger partial charge in [0, 0.05) is 18.4 Å². The SMILES string of the molecule is CS(=O)(=O)N(CC(=O)NCCSCc1ccco1)c1ccc2c(c1)OCCO2. The van der Waals surface area contributed by atoms with Crippen LogP contribution in [-0.2, 0) is 20.6 Å². The molecule has 1 amide bonds. The van der Waals surface area contributed by atoms with Gasteiger partial charge in [0.05, 0.1) is 24.0 Å².